The molecule has 0 aromatic heterocycles. The van der Waals surface area contributed by atoms with Crippen molar-refractivity contribution in [2.75, 3.05) is 24.5 Å². The molecule has 0 amide bonds. The summed E-state index contributed by atoms with van der Waals surface area (Å²) in [6, 6.07) is 6.07. The SMILES string of the molecule is CCC1CCN(c2ccc(F)c(C)c2)CC(C)CN1. The molecule has 19 heavy (non-hydrogen) atoms. The zero-order chi connectivity index (χ0) is 13.8. The third-order valence-corrected chi connectivity index (χ3v) is 4.03. The van der Waals surface area contributed by atoms with Gasteiger partial charge in [0.15, 0.2) is 0 Å². The van der Waals surface area contributed by atoms with Crippen molar-refractivity contribution < 1.29 is 4.39 Å². The maximum atomic E-state index is 13.4. The molecule has 2 nitrogen and oxygen atoms in total. The minimum absolute atomic E-state index is 0.114. The summed E-state index contributed by atoms with van der Waals surface area (Å²) in [6.07, 6.45) is 2.32. The van der Waals surface area contributed by atoms with Crippen molar-refractivity contribution >= 4 is 5.69 Å². The van der Waals surface area contributed by atoms with Crippen molar-refractivity contribution in [3.05, 3.63) is 29.6 Å². The number of anilines is 1. The van der Waals surface area contributed by atoms with Gasteiger partial charge in [0.25, 0.3) is 0 Å². The van der Waals surface area contributed by atoms with Gasteiger partial charge in [0.1, 0.15) is 5.82 Å². The number of rotatable bonds is 2. The lowest BCUT2D eigenvalue weighted by molar-refractivity contribution is 0.388. The highest BCUT2D eigenvalue weighted by Gasteiger charge is 2.18. The average Bonchev–Trinajstić information content (AvgIpc) is 2.38. The molecule has 0 spiro atoms. The second kappa shape index (κ2) is 6.38. The summed E-state index contributed by atoms with van der Waals surface area (Å²) >= 11 is 0. The highest BCUT2D eigenvalue weighted by atomic mass is 19.1. The first-order chi connectivity index (χ1) is 9.10. The van der Waals surface area contributed by atoms with E-state index in [1.807, 2.05) is 19.1 Å². The van der Waals surface area contributed by atoms with Gasteiger partial charge in [0.05, 0.1) is 0 Å². The Hall–Kier alpha value is -1.09. The molecular formula is C16H25FN2. The second-order valence-corrected chi connectivity index (χ2v) is 5.79. The van der Waals surface area contributed by atoms with E-state index in [1.54, 1.807) is 6.07 Å². The Balaban J connectivity index is 2.14. The quantitative estimate of drug-likeness (QED) is 0.881. The fourth-order valence-corrected chi connectivity index (χ4v) is 2.72. The fraction of sp³-hybridized carbons (Fsp3) is 0.625. The van der Waals surface area contributed by atoms with Crippen LogP contribution in [0.25, 0.3) is 0 Å². The van der Waals surface area contributed by atoms with Crippen molar-refractivity contribution in [1.29, 1.82) is 0 Å². The molecule has 2 unspecified atom stereocenters. The van der Waals surface area contributed by atoms with E-state index in [1.165, 1.54) is 6.42 Å². The van der Waals surface area contributed by atoms with Gasteiger partial charge >= 0.3 is 0 Å². The van der Waals surface area contributed by atoms with E-state index in [4.69, 9.17) is 0 Å². The number of benzene rings is 1. The molecule has 2 rings (SSSR count). The molecule has 2 atom stereocenters. The van der Waals surface area contributed by atoms with Gasteiger partial charge in [-0.05, 0) is 56.0 Å². The summed E-state index contributed by atoms with van der Waals surface area (Å²) in [5.41, 5.74) is 1.89. The number of aryl methyl sites for hydroxylation is 1. The summed E-state index contributed by atoms with van der Waals surface area (Å²) in [4.78, 5) is 2.40. The van der Waals surface area contributed by atoms with Crippen molar-refractivity contribution in [1.82, 2.24) is 5.32 Å². The molecule has 0 aliphatic carbocycles. The summed E-state index contributed by atoms with van der Waals surface area (Å²) < 4.78 is 13.4. The highest BCUT2D eigenvalue weighted by Crippen LogP contribution is 2.21. The topological polar surface area (TPSA) is 15.3 Å². The molecule has 0 saturated carbocycles. The zero-order valence-corrected chi connectivity index (χ0v) is 12.2. The molecule has 0 radical (unpaired) electrons. The summed E-state index contributed by atoms with van der Waals surface area (Å²) in [5.74, 6) is 0.497. The maximum absolute atomic E-state index is 13.4. The van der Waals surface area contributed by atoms with Crippen LogP contribution in [0, 0.1) is 18.7 Å². The summed E-state index contributed by atoms with van der Waals surface area (Å²) in [7, 11) is 0. The van der Waals surface area contributed by atoms with Crippen LogP contribution in [0.5, 0.6) is 0 Å². The van der Waals surface area contributed by atoms with Crippen molar-refractivity contribution in [2.24, 2.45) is 5.92 Å². The van der Waals surface area contributed by atoms with Crippen LogP contribution in [0.2, 0.25) is 0 Å². The van der Waals surface area contributed by atoms with Gasteiger partial charge in [-0.25, -0.2) is 4.39 Å². The first-order valence-corrected chi connectivity index (χ1v) is 7.34. The number of halogens is 1. The lowest BCUT2D eigenvalue weighted by atomic mass is 10.0. The Morgan fingerprint density at radius 1 is 1.42 bits per heavy atom. The number of nitrogens with zero attached hydrogens (tertiary/aromatic N) is 1. The van der Waals surface area contributed by atoms with Gasteiger partial charge < -0.3 is 10.2 Å². The Labute approximate surface area is 116 Å². The van der Waals surface area contributed by atoms with Gasteiger partial charge in [-0.15, -0.1) is 0 Å². The molecule has 0 bridgehead atoms. The minimum atomic E-state index is -0.114. The maximum Gasteiger partial charge on any atom is 0.126 e. The van der Waals surface area contributed by atoms with Crippen LogP contribution in [0.15, 0.2) is 18.2 Å². The third kappa shape index (κ3) is 3.69. The number of hydrogen-bond acceptors (Lipinski definition) is 2. The molecule has 1 aromatic carbocycles. The second-order valence-electron chi connectivity index (χ2n) is 5.79. The van der Waals surface area contributed by atoms with E-state index >= 15 is 0 Å². The largest absolute Gasteiger partial charge is 0.371 e. The normalized spacial score (nSPS) is 24.9. The van der Waals surface area contributed by atoms with E-state index in [9.17, 15) is 4.39 Å². The Kier molecular flexibility index (Phi) is 4.81. The first-order valence-electron chi connectivity index (χ1n) is 7.34. The molecule has 1 aromatic rings. The molecule has 106 valence electrons. The van der Waals surface area contributed by atoms with Gasteiger partial charge in [0.2, 0.25) is 0 Å². The van der Waals surface area contributed by atoms with Crippen LogP contribution in [0.1, 0.15) is 32.3 Å². The summed E-state index contributed by atoms with van der Waals surface area (Å²) in [5, 5.41) is 3.63. The van der Waals surface area contributed by atoms with Gasteiger partial charge in [-0.3, -0.25) is 0 Å². The average molecular weight is 264 g/mol. The van der Waals surface area contributed by atoms with Crippen LogP contribution in [0.4, 0.5) is 10.1 Å². The lowest BCUT2D eigenvalue weighted by Crippen LogP contribution is -2.43. The zero-order valence-electron chi connectivity index (χ0n) is 12.2. The van der Waals surface area contributed by atoms with Crippen LogP contribution in [0.3, 0.4) is 0 Å². The number of nitrogens with one attached hydrogen (secondary N) is 1. The van der Waals surface area contributed by atoms with Gasteiger partial charge in [-0.2, -0.15) is 0 Å². The predicted molar refractivity (Wildman–Crippen MR) is 79.2 cm³/mol. The standard InChI is InChI=1S/C16H25FN2/c1-4-14-7-8-19(11-12(2)10-18-14)15-5-6-16(17)13(3)9-15/h5-6,9,12,14,18H,4,7-8,10-11H2,1-3H3. The lowest BCUT2D eigenvalue weighted by Gasteiger charge is -2.33. The van der Waals surface area contributed by atoms with Gasteiger partial charge in [0, 0.05) is 24.8 Å². The molecule has 1 aliphatic heterocycles. The minimum Gasteiger partial charge on any atom is -0.371 e. The van der Waals surface area contributed by atoms with E-state index in [0.717, 1.165) is 37.3 Å². The molecule has 1 aliphatic rings. The predicted octanol–water partition coefficient (Wildman–Crippen LogP) is 3.35. The van der Waals surface area contributed by atoms with E-state index in [0.29, 0.717) is 12.0 Å². The molecule has 1 heterocycles. The molecule has 3 heteroatoms. The van der Waals surface area contributed by atoms with Crippen molar-refractivity contribution in [2.45, 2.75) is 39.7 Å². The van der Waals surface area contributed by atoms with Crippen molar-refractivity contribution in [3.63, 3.8) is 0 Å². The van der Waals surface area contributed by atoms with E-state index < -0.39 is 0 Å². The Morgan fingerprint density at radius 3 is 2.89 bits per heavy atom. The third-order valence-electron chi connectivity index (χ3n) is 4.03. The van der Waals surface area contributed by atoms with Crippen molar-refractivity contribution in [3.8, 4) is 0 Å². The Morgan fingerprint density at radius 2 is 2.21 bits per heavy atom. The first kappa shape index (κ1) is 14.3. The van der Waals surface area contributed by atoms with E-state index in [-0.39, 0.29) is 5.82 Å². The fourth-order valence-electron chi connectivity index (χ4n) is 2.72. The van der Waals surface area contributed by atoms with Crippen LogP contribution in [-0.2, 0) is 0 Å². The molecular weight excluding hydrogens is 239 g/mol. The molecule has 1 fully saturated rings. The van der Waals surface area contributed by atoms with Crippen LogP contribution >= 0.6 is 0 Å². The van der Waals surface area contributed by atoms with Crippen LogP contribution in [-0.4, -0.2) is 25.7 Å². The molecule has 1 saturated heterocycles. The van der Waals surface area contributed by atoms with E-state index in [2.05, 4.69) is 24.1 Å². The van der Waals surface area contributed by atoms with Crippen LogP contribution < -0.4 is 10.2 Å². The summed E-state index contributed by atoms with van der Waals surface area (Å²) in [6.45, 7) is 9.48. The highest BCUT2D eigenvalue weighted by molar-refractivity contribution is 5.49. The monoisotopic (exact) mass is 264 g/mol. The smallest absolute Gasteiger partial charge is 0.126 e. The number of hydrogen-bond donors (Lipinski definition) is 1. The van der Waals surface area contributed by atoms with Gasteiger partial charge in [-0.1, -0.05) is 13.8 Å². The molecule has 1 N–H and O–H groups in total. The Bertz CT molecular complexity index is 419.